The van der Waals surface area contributed by atoms with Crippen LogP contribution in [-0.4, -0.2) is 35.4 Å². The molecule has 0 spiro atoms. The highest BCUT2D eigenvalue weighted by Crippen LogP contribution is 2.20. The molecule has 4 nitrogen and oxygen atoms in total. The molecule has 0 bridgehead atoms. The van der Waals surface area contributed by atoms with Gasteiger partial charge in [-0.2, -0.15) is 0 Å². The van der Waals surface area contributed by atoms with Crippen molar-refractivity contribution in [1.82, 2.24) is 15.2 Å². The minimum atomic E-state index is -0.0271. The molecule has 1 unspecified atom stereocenters. The zero-order valence-electron chi connectivity index (χ0n) is 9.82. The number of pyridine rings is 1. The fourth-order valence-electron chi connectivity index (χ4n) is 2.22. The Bertz CT molecular complexity index is 410. The summed E-state index contributed by atoms with van der Waals surface area (Å²) in [4.78, 5) is 18.1. The third-order valence-corrected chi connectivity index (χ3v) is 3.29. The molecule has 0 saturated carbocycles. The summed E-state index contributed by atoms with van der Waals surface area (Å²) in [5, 5.41) is 3.39. The summed E-state index contributed by atoms with van der Waals surface area (Å²) in [5.74, 6) is 0.0875. The van der Waals surface area contributed by atoms with Crippen LogP contribution in [0.3, 0.4) is 0 Å². The van der Waals surface area contributed by atoms with E-state index in [4.69, 9.17) is 11.6 Å². The monoisotopic (exact) mass is 253 g/mol. The van der Waals surface area contributed by atoms with Gasteiger partial charge < -0.3 is 5.32 Å². The number of hydrogen-bond donors (Lipinski definition) is 1. The summed E-state index contributed by atoms with van der Waals surface area (Å²) in [6.45, 7) is 1.62. The van der Waals surface area contributed by atoms with Crippen molar-refractivity contribution >= 4 is 17.5 Å². The Balaban J connectivity index is 2.05. The Hall–Kier alpha value is -1.13. The SMILES string of the molecule is CNC(=O)C1CCCN1Cc1cc(Cl)ccn1. The molecular formula is C12H16ClN3O. The van der Waals surface area contributed by atoms with Gasteiger partial charge in [-0.3, -0.25) is 14.7 Å². The van der Waals surface area contributed by atoms with E-state index in [1.807, 2.05) is 6.07 Å². The minimum Gasteiger partial charge on any atom is -0.358 e. The maximum absolute atomic E-state index is 11.7. The summed E-state index contributed by atoms with van der Waals surface area (Å²) in [6.07, 6.45) is 3.67. The van der Waals surface area contributed by atoms with Gasteiger partial charge in [0.15, 0.2) is 0 Å². The molecule has 2 rings (SSSR count). The van der Waals surface area contributed by atoms with Gasteiger partial charge in [-0.15, -0.1) is 0 Å². The molecule has 1 saturated heterocycles. The number of halogens is 1. The Morgan fingerprint density at radius 1 is 1.71 bits per heavy atom. The van der Waals surface area contributed by atoms with Gasteiger partial charge in [0.05, 0.1) is 11.7 Å². The summed E-state index contributed by atoms with van der Waals surface area (Å²) in [7, 11) is 1.68. The van der Waals surface area contributed by atoms with E-state index in [-0.39, 0.29) is 11.9 Å². The Morgan fingerprint density at radius 3 is 3.24 bits per heavy atom. The van der Waals surface area contributed by atoms with Gasteiger partial charge in [0.1, 0.15) is 0 Å². The van der Waals surface area contributed by atoms with Crippen LogP contribution in [0.4, 0.5) is 0 Å². The number of likely N-dealkylation sites (N-methyl/N-ethyl adjacent to an activating group) is 1. The number of nitrogens with zero attached hydrogens (tertiary/aromatic N) is 2. The fourth-order valence-corrected chi connectivity index (χ4v) is 2.40. The summed E-state index contributed by atoms with van der Waals surface area (Å²) in [5.41, 5.74) is 0.910. The first-order valence-corrected chi connectivity index (χ1v) is 6.14. The van der Waals surface area contributed by atoms with E-state index in [0.29, 0.717) is 11.6 Å². The number of likely N-dealkylation sites (tertiary alicyclic amines) is 1. The zero-order valence-corrected chi connectivity index (χ0v) is 10.6. The fraction of sp³-hybridized carbons (Fsp3) is 0.500. The van der Waals surface area contributed by atoms with Crippen molar-refractivity contribution in [1.29, 1.82) is 0 Å². The van der Waals surface area contributed by atoms with Gasteiger partial charge in [-0.05, 0) is 31.5 Å². The predicted octanol–water partition coefficient (Wildman–Crippen LogP) is 1.45. The third kappa shape index (κ3) is 2.96. The number of rotatable bonds is 3. The highest BCUT2D eigenvalue weighted by Gasteiger charge is 2.29. The van der Waals surface area contributed by atoms with Gasteiger partial charge in [-0.1, -0.05) is 11.6 Å². The first kappa shape index (κ1) is 12.3. The van der Waals surface area contributed by atoms with E-state index in [1.54, 1.807) is 19.3 Å². The molecule has 5 heteroatoms. The maximum Gasteiger partial charge on any atom is 0.237 e. The van der Waals surface area contributed by atoms with E-state index in [0.717, 1.165) is 25.1 Å². The number of aromatic nitrogens is 1. The lowest BCUT2D eigenvalue weighted by Crippen LogP contribution is -2.41. The van der Waals surface area contributed by atoms with Crippen LogP contribution >= 0.6 is 11.6 Å². The van der Waals surface area contributed by atoms with Crippen LogP contribution in [0.5, 0.6) is 0 Å². The molecule has 1 N–H and O–H groups in total. The van der Waals surface area contributed by atoms with Crippen LogP contribution in [0.15, 0.2) is 18.3 Å². The van der Waals surface area contributed by atoms with Gasteiger partial charge in [0, 0.05) is 24.8 Å². The Labute approximate surface area is 106 Å². The van der Waals surface area contributed by atoms with E-state index >= 15 is 0 Å². The molecule has 1 atom stereocenters. The van der Waals surface area contributed by atoms with E-state index in [2.05, 4.69) is 15.2 Å². The first-order valence-electron chi connectivity index (χ1n) is 5.77. The number of hydrogen-bond acceptors (Lipinski definition) is 3. The van der Waals surface area contributed by atoms with Crippen molar-refractivity contribution in [3.63, 3.8) is 0 Å². The molecule has 1 fully saturated rings. The second kappa shape index (κ2) is 5.47. The largest absolute Gasteiger partial charge is 0.358 e. The summed E-state index contributed by atoms with van der Waals surface area (Å²) >= 11 is 5.92. The van der Waals surface area contributed by atoms with Crippen LogP contribution in [0.25, 0.3) is 0 Å². The number of amides is 1. The molecule has 0 aromatic carbocycles. The zero-order chi connectivity index (χ0) is 12.3. The van der Waals surface area contributed by atoms with Gasteiger partial charge >= 0.3 is 0 Å². The smallest absolute Gasteiger partial charge is 0.237 e. The maximum atomic E-state index is 11.7. The minimum absolute atomic E-state index is 0.0271. The number of carbonyl (C=O) groups is 1. The molecule has 0 radical (unpaired) electrons. The molecule has 1 aliphatic heterocycles. The van der Waals surface area contributed by atoms with Crippen LogP contribution in [0.2, 0.25) is 5.02 Å². The van der Waals surface area contributed by atoms with Crippen LogP contribution in [0.1, 0.15) is 18.5 Å². The molecular weight excluding hydrogens is 238 g/mol. The van der Waals surface area contributed by atoms with Crippen molar-refractivity contribution in [2.75, 3.05) is 13.6 Å². The van der Waals surface area contributed by atoms with Crippen molar-refractivity contribution in [2.45, 2.75) is 25.4 Å². The Kier molecular flexibility index (Phi) is 3.97. The lowest BCUT2D eigenvalue weighted by atomic mass is 10.2. The second-order valence-corrected chi connectivity index (χ2v) is 4.64. The third-order valence-electron chi connectivity index (χ3n) is 3.06. The van der Waals surface area contributed by atoms with Gasteiger partial charge in [0.2, 0.25) is 5.91 Å². The first-order chi connectivity index (χ1) is 8.20. The predicted molar refractivity (Wildman–Crippen MR) is 66.7 cm³/mol. The topological polar surface area (TPSA) is 45.2 Å². The van der Waals surface area contributed by atoms with Crippen molar-refractivity contribution in [3.05, 3.63) is 29.0 Å². The number of carbonyl (C=O) groups excluding carboxylic acids is 1. The average Bonchev–Trinajstić information content (AvgIpc) is 2.76. The quantitative estimate of drug-likeness (QED) is 0.887. The second-order valence-electron chi connectivity index (χ2n) is 4.21. The standard InChI is InChI=1S/C12H16ClN3O/c1-14-12(17)11-3-2-6-16(11)8-10-7-9(13)4-5-15-10/h4-5,7,11H,2-3,6,8H2,1H3,(H,14,17). The van der Waals surface area contributed by atoms with Crippen molar-refractivity contribution in [2.24, 2.45) is 0 Å². The molecule has 2 heterocycles. The average molecular weight is 254 g/mol. The normalized spacial score (nSPS) is 20.5. The highest BCUT2D eigenvalue weighted by atomic mass is 35.5. The van der Waals surface area contributed by atoms with E-state index in [9.17, 15) is 4.79 Å². The Morgan fingerprint density at radius 2 is 2.53 bits per heavy atom. The molecule has 1 amide bonds. The molecule has 1 aromatic rings. The summed E-state index contributed by atoms with van der Waals surface area (Å²) in [6, 6.07) is 3.58. The van der Waals surface area contributed by atoms with Crippen molar-refractivity contribution < 1.29 is 4.79 Å². The van der Waals surface area contributed by atoms with Crippen LogP contribution in [0, 0.1) is 0 Å². The summed E-state index contributed by atoms with van der Waals surface area (Å²) < 4.78 is 0. The van der Waals surface area contributed by atoms with Gasteiger partial charge in [-0.25, -0.2) is 0 Å². The van der Waals surface area contributed by atoms with Crippen LogP contribution < -0.4 is 5.32 Å². The molecule has 17 heavy (non-hydrogen) atoms. The molecule has 1 aliphatic rings. The van der Waals surface area contributed by atoms with Gasteiger partial charge in [0.25, 0.3) is 0 Å². The highest BCUT2D eigenvalue weighted by molar-refractivity contribution is 6.30. The van der Waals surface area contributed by atoms with Crippen LogP contribution in [-0.2, 0) is 11.3 Å². The lowest BCUT2D eigenvalue weighted by Gasteiger charge is -2.22. The molecule has 1 aromatic heterocycles. The molecule has 0 aliphatic carbocycles. The number of nitrogens with one attached hydrogen (secondary N) is 1. The van der Waals surface area contributed by atoms with E-state index < -0.39 is 0 Å². The lowest BCUT2D eigenvalue weighted by molar-refractivity contribution is -0.125. The molecule has 92 valence electrons. The van der Waals surface area contributed by atoms with Crippen molar-refractivity contribution in [3.8, 4) is 0 Å². The van der Waals surface area contributed by atoms with E-state index in [1.165, 1.54) is 0 Å².